The molecule has 1 amide bonds. The van der Waals surface area contributed by atoms with E-state index in [4.69, 9.17) is 0 Å². The van der Waals surface area contributed by atoms with Crippen LogP contribution >= 0.6 is 0 Å². The zero-order chi connectivity index (χ0) is 22.9. The number of para-hydroxylation sites is 1. The Morgan fingerprint density at radius 1 is 1.19 bits per heavy atom. The first-order valence-electron chi connectivity index (χ1n) is 9.99. The zero-order valence-corrected chi connectivity index (χ0v) is 17.3. The Labute approximate surface area is 180 Å². The molecule has 166 valence electrons. The van der Waals surface area contributed by atoms with Crippen molar-refractivity contribution in [1.82, 2.24) is 29.9 Å². The third-order valence-electron chi connectivity index (χ3n) is 4.94. The lowest BCUT2D eigenvalue weighted by atomic mass is 10.1. The third kappa shape index (κ3) is 4.05. The van der Waals surface area contributed by atoms with E-state index in [1.807, 2.05) is 13.0 Å². The maximum Gasteiger partial charge on any atom is 0.416 e. The van der Waals surface area contributed by atoms with E-state index in [2.05, 4.69) is 30.7 Å². The molecular weight excluding hydrogens is 423 g/mol. The highest BCUT2D eigenvalue weighted by Crippen LogP contribution is 2.31. The van der Waals surface area contributed by atoms with Crippen molar-refractivity contribution < 1.29 is 18.0 Å². The number of hydrogen-bond donors (Lipinski definition) is 2. The Kier molecular flexibility index (Phi) is 5.64. The largest absolute Gasteiger partial charge is 0.416 e. The molecule has 0 saturated heterocycles. The monoisotopic (exact) mass is 443 g/mol. The van der Waals surface area contributed by atoms with Crippen LogP contribution in [0.1, 0.15) is 25.3 Å². The number of halogens is 3. The second-order valence-corrected chi connectivity index (χ2v) is 7.15. The van der Waals surface area contributed by atoms with Crippen molar-refractivity contribution in [3.8, 4) is 11.5 Å². The van der Waals surface area contributed by atoms with Gasteiger partial charge < -0.3 is 10.6 Å². The van der Waals surface area contributed by atoms with Crippen LogP contribution in [0.2, 0.25) is 0 Å². The number of fused-ring (bicyclic) bond motifs is 3. The summed E-state index contributed by atoms with van der Waals surface area (Å²) in [6.45, 7) is 1.95. The molecule has 0 aliphatic carbocycles. The smallest absolute Gasteiger partial charge is 0.357 e. The molecule has 4 rings (SSSR count). The van der Waals surface area contributed by atoms with Gasteiger partial charge in [-0.3, -0.25) is 9.78 Å². The summed E-state index contributed by atoms with van der Waals surface area (Å²) in [7, 11) is 1.54. The fourth-order valence-electron chi connectivity index (χ4n) is 3.37. The first-order valence-corrected chi connectivity index (χ1v) is 9.99. The lowest BCUT2D eigenvalue weighted by Crippen LogP contribution is -2.38. The summed E-state index contributed by atoms with van der Waals surface area (Å²) in [4.78, 5) is 25.3. The predicted octanol–water partition coefficient (Wildman–Crippen LogP) is 3.68. The van der Waals surface area contributed by atoms with E-state index < -0.39 is 17.8 Å². The maximum atomic E-state index is 13.2. The van der Waals surface area contributed by atoms with E-state index in [-0.39, 0.29) is 23.4 Å². The number of amides is 1. The standard InChI is InChI=1S/C21H20F3N7O/c1-3-6-15(19(32)25-2)28-20-27-14-8-5-4-7-13(14)18-29-17(30-31(18)20)16-11-12(9-10-26-16)21(22,23)24/h4-5,7-11,15H,3,6H2,1-2H3,(H,25,32)(H,27,28)/t15-/m1/s1. The van der Waals surface area contributed by atoms with Crippen LogP contribution in [-0.2, 0) is 11.0 Å². The fraction of sp³-hybridized carbons (Fsp3) is 0.286. The Morgan fingerprint density at radius 3 is 2.69 bits per heavy atom. The number of nitrogens with one attached hydrogen (secondary N) is 2. The van der Waals surface area contributed by atoms with E-state index >= 15 is 0 Å². The lowest BCUT2D eigenvalue weighted by molar-refractivity contribution is -0.137. The van der Waals surface area contributed by atoms with Crippen molar-refractivity contribution in [3.05, 3.63) is 48.2 Å². The van der Waals surface area contributed by atoms with Crippen LogP contribution in [0, 0.1) is 0 Å². The maximum absolute atomic E-state index is 13.2. The molecule has 1 atom stereocenters. The molecule has 0 aliphatic rings. The molecule has 8 nitrogen and oxygen atoms in total. The molecule has 4 aromatic rings. The number of hydrogen-bond acceptors (Lipinski definition) is 6. The number of likely N-dealkylation sites (N-methyl/N-ethyl adjacent to an activating group) is 1. The van der Waals surface area contributed by atoms with Gasteiger partial charge in [0.2, 0.25) is 17.7 Å². The second-order valence-electron chi connectivity index (χ2n) is 7.15. The molecule has 0 bridgehead atoms. The van der Waals surface area contributed by atoms with Gasteiger partial charge >= 0.3 is 6.18 Å². The Bertz CT molecular complexity index is 1290. The quantitative estimate of drug-likeness (QED) is 0.472. The number of alkyl halides is 3. The van der Waals surface area contributed by atoms with Gasteiger partial charge in [0.25, 0.3) is 0 Å². The van der Waals surface area contributed by atoms with E-state index in [9.17, 15) is 18.0 Å². The van der Waals surface area contributed by atoms with Gasteiger partial charge in [0.05, 0.1) is 11.1 Å². The molecule has 32 heavy (non-hydrogen) atoms. The summed E-state index contributed by atoms with van der Waals surface area (Å²) >= 11 is 0. The summed E-state index contributed by atoms with van der Waals surface area (Å²) in [6.07, 6.45) is -2.15. The minimum absolute atomic E-state index is 0.0179. The summed E-state index contributed by atoms with van der Waals surface area (Å²) in [5, 5.41) is 10.8. The highest BCUT2D eigenvalue weighted by Gasteiger charge is 2.31. The Morgan fingerprint density at radius 2 is 1.97 bits per heavy atom. The van der Waals surface area contributed by atoms with Crippen LogP contribution in [0.5, 0.6) is 0 Å². The zero-order valence-electron chi connectivity index (χ0n) is 17.3. The van der Waals surface area contributed by atoms with Crippen LogP contribution in [0.3, 0.4) is 0 Å². The molecule has 0 fully saturated rings. The van der Waals surface area contributed by atoms with Gasteiger partial charge in [-0.2, -0.15) is 17.7 Å². The van der Waals surface area contributed by atoms with Gasteiger partial charge in [0.1, 0.15) is 11.7 Å². The van der Waals surface area contributed by atoms with Crippen molar-refractivity contribution in [2.45, 2.75) is 32.0 Å². The molecule has 3 heterocycles. The molecule has 0 spiro atoms. The molecule has 0 saturated carbocycles. The number of nitrogens with zero attached hydrogens (tertiary/aromatic N) is 5. The molecular formula is C21H20F3N7O. The van der Waals surface area contributed by atoms with Crippen LogP contribution < -0.4 is 10.6 Å². The van der Waals surface area contributed by atoms with E-state index in [1.165, 1.54) is 4.52 Å². The number of carbonyl (C=O) groups is 1. The minimum atomic E-state index is -4.52. The van der Waals surface area contributed by atoms with Crippen molar-refractivity contribution >= 4 is 28.4 Å². The van der Waals surface area contributed by atoms with Crippen molar-refractivity contribution in [2.75, 3.05) is 12.4 Å². The molecule has 0 unspecified atom stereocenters. The predicted molar refractivity (Wildman–Crippen MR) is 113 cm³/mol. The van der Waals surface area contributed by atoms with Crippen molar-refractivity contribution in [3.63, 3.8) is 0 Å². The average molecular weight is 443 g/mol. The number of benzene rings is 1. The van der Waals surface area contributed by atoms with Crippen LogP contribution in [0.4, 0.5) is 19.1 Å². The lowest BCUT2D eigenvalue weighted by Gasteiger charge is -2.17. The third-order valence-corrected chi connectivity index (χ3v) is 4.94. The van der Waals surface area contributed by atoms with Gasteiger partial charge in [-0.25, -0.2) is 9.97 Å². The molecule has 3 aromatic heterocycles. The van der Waals surface area contributed by atoms with Gasteiger partial charge in [-0.05, 0) is 30.7 Å². The van der Waals surface area contributed by atoms with Crippen LogP contribution in [0.15, 0.2) is 42.6 Å². The van der Waals surface area contributed by atoms with Crippen molar-refractivity contribution in [1.29, 1.82) is 0 Å². The molecule has 0 aliphatic heterocycles. The van der Waals surface area contributed by atoms with Crippen LogP contribution in [-0.4, -0.2) is 43.6 Å². The van der Waals surface area contributed by atoms with E-state index in [0.717, 1.165) is 24.8 Å². The molecule has 0 radical (unpaired) electrons. The number of pyridine rings is 1. The first-order chi connectivity index (χ1) is 15.3. The number of aromatic nitrogens is 5. The number of anilines is 1. The molecule has 11 heteroatoms. The fourth-order valence-corrected chi connectivity index (χ4v) is 3.37. The molecule has 2 N–H and O–H groups in total. The van der Waals surface area contributed by atoms with Gasteiger partial charge in [0, 0.05) is 18.6 Å². The van der Waals surface area contributed by atoms with Gasteiger partial charge in [-0.15, -0.1) is 5.10 Å². The molecule has 1 aromatic carbocycles. The van der Waals surface area contributed by atoms with Crippen LogP contribution in [0.25, 0.3) is 28.1 Å². The van der Waals surface area contributed by atoms with Gasteiger partial charge in [0.15, 0.2) is 5.65 Å². The topological polar surface area (TPSA) is 97.1 Å². The first kappa shape index (κ1) is 21.5. The number of rotatable bonds is 6. The SMILES string of the molecule is CCC[C@@H](Nc1nc2ccccc2c2nc(-c3cc(C(F)(F)F)ccn3)nn12)C(=O)NC. The average Bonchev–Trinajstić information content (AvgIpc) is 3.24. The Balaban J connectivity index is 1.88. The normalized spacial score (nSPS) is 12.8. The van der Waals surface area contributed by atoms with Gasteiger partial charge in [-0.1, -0.05) is 25.5 Å². The summed E-state index contributed by atoms with van der Waals surface area (Å²) in [5.41, 5.74) is 0.130. The summed E-state index contributed by atoms with van der Waals surface area (Å²) < 4.78 is 40.9. The summed E-state index contributed by atoms with van der Waals surface area (Å²) in [6, 6.07) is 8.42. The highest BCUT2D eigenvalue weighted by molar-refractivity contribution is 5.93. The highest BCUT2D eigenvalue weighted by atomic mass is 19.4. The Hall–Kier alpha value is -3.76. The summed E-state index contributed by atoms with van der Waals surface area (Å²) in [5.74, 6) is 0.0607. The second kappa shape index (κ2) is 8.40. The van der Waals surface area contributed by atoms with Crippen molar-refractivity contribution in [2.24, 2.45) is 0 Å². The number of carbonyl (C=O) groups excluding carboxylic acids is 1. The minimum Gasteiger partial charge on any atom is -0.357 e. The van der Waals surface area contributed by atoms with E-state index in [0.29, 0.717) is 23.0 Å². The van der Waals surface area contributed by atoms with E-state index in [1.54, 1.807) is 25.2 Å².